The minimum absolute atomic E-state index is 0.179. The van der Waals surface area contributed by atoms with Gasteiger partial charge in [0.05, 0.1) is 42.9 Å². The Kier molecular flexibility index (Phi) is 17.1. The molecule has 1 fully saturated rings. The Morgan fingerprint density at radius 1 is 0.851 bits per heavy atom. The summed E-state index contributed by atoms with van der Waals surface area (Å²) in [6.45, 7) is 9.86. The quantitative estimate of drug-likeness (QED) is 0.163. The van der Waals surface area contributed by atoms with Crippen molar-refractivity contribution >= 4 is 64.6 Å². The number of hydrogen-bond donors (Lipinski definition) is 4. The van der Waals surface area contributed by atoms with Gasteiger partial charge in [0, 0.05) is 53.3 Å². The normalized spacial score (nSPS) is 16.8. The van der Waals surface area contributed by atoms with Crippen LogP contribution in [-0.4, -0.2) is 92.5 Å². The summed E-state index contributed by atoms with van der Waals surface area (Å²) in [5, 5.41) is 35.2. The van der Waals surface area contributed by atoms with E-state index >= 15 is 0 Å². The fourth-order valence-corrected chi connectivity index (χ4v) is 6.08. The van der Waals surface area contributed by atoms with Crippen molar-refractivity contribution in [3.63, 3.8) is 0 Å². The maximum absolute atomic E-state index is 11.0. The number of quaternary nitrogens is 2. The molecule has 2 unspecified atom stereocenters. The van der Waals surface area contributed by atoms with Crippen LogP contribution in [0.1, 0.15) is 19.8 Å². The topological polar surface area (TPSA) is 193 Å². The Labute approximate surface area is 281 Å². The molecule has 2 aromatic rings. The Morgan fingerprint density at radius 3 is 1.98 bits per heavy atom. The summed E-state index contributed by atoms with van der Waals surface area (Å²) in [6, 6.07) is 14.9. The maximum Gasteiger partial charge on any atom is 0.328 e. The van der Waals surface area contributed by atoms with Crippen molar-refractivity contribution in [1.82, 2.24) is 0 Å². The number of rotatable bonds is 11. The molecular formula is C32H38ClN3O10S. The number of nitrogens with zero attached hydrogens (tertiary/aromatic N) is 1. The van der Waals surface area contributed by atoms with Crippen molar-refractivity contribution in [2.75, 3.05) is 57.3 Å². The van der Waals surface area contributed by atoms with Gasteiger partial charge in [-0.05, 0) is 42.5 Å². The van der Waals surface area contributed by atoms with Crippen molar-refractivity contribution < 1.29 is 58.9 Å². The number of aliphatic carboxylic acids is 4. The van der Waals surface area contributed by atoms with Gasteiger partial charge < -0.3 is 49.5 Å². The molecule has 0 aromatic heterocycles. The summed E-state index contributed by atoms with van der Waals surface area (Å²) in [7, 11) is 0. The lowest BCUT2D eigenvalue weighted by atomic mass is 10.2. The summed E-state index contributed by atoms with van der Waals surface area (Å²) < 4.78 is 5.13. The smallest absolute Gasteiger partial charge is 0.328 e. The fraction of sp³-hybridized carbons (Fsp3) is 0.344. The van der Waals surface area contributed by atoms with E-state index in [2.05, 4.69) is 41.3 Å². The zero-order valence-electron chi connectivity index (χ0n) is 25.8. The van der Waals surface area contributed by atoms with Crippen molar-refractivity contribution in [2.45, 2.75) is 29.6 Å². The van der Waals surface area contributed by atoms with Crippen LogP contribution >= 0.6 is 23.4 Å². The molecule has 0 radical (unpaired) electrons. The molecule has 0 aliphatic carbocycles. The van der Waals surface area contributed by atoms with Crippen LogP contribution in [0.4, 0.5) is 11.4 Å². The molecule has 4 N–H and O–H groups in total. The largest absolute Gasteiger partial charge is 0.545 e. The summed E-state index contributed by atoms with van der Waals surface area (Å²) in [5.74, 6) is -5.79. The number of anilines is 2. The van der Waals surface area contributed by atoms with Crippen molar-refractivity contribution in [2.24, 2.45) is 0 Å². The molecule has 13 nitrogen and oxygen atoms in total. The summed E-state index contributed by atoms with van der Waals surface area (Å²) in [4.78, 5) is 57.2. The molecule has 2 atom stereocenters. The molecule has 2 aliphatic heterocycles. The number of para-hydroxylation sites is 1. The number of fused-ring (bicyclic) bond motifs is 2. The first-order valence-electron chi connectivity index (χ1n) is 14.7. The molecule has 2 aliphatic rings. The van der Waals surface area contributed by atoms with Gasteiger partial charge in [-0.15, -0.1) is 0 Å². The first-order chi connectivity index (χ1) is 22.3. The first-order valence-corrected chi connectivity index (χ1v) is 15.9. The Bertz CT molecular complexity index is 1390. The zero-order chi connectivity index (χ0) is 34.8. The monoisotopic (exact) mass is 691 g/mol. The number of halogens is 1. The zero-order valence-corrected chi connectivity index (χ0v) is 27.4. The van der Waals surface area contributed by atoms with E-state index < -0.39 is 23.9 Å². The minimum atomic E-state index is -1.51. The van der Waals surface area contributed by atoms with Crippen molar-refractivity contribution in [1.29, 1.82) is 0 Å². The van der Waals surface area contributed by atoms with E-state index in [0.29, 0.717) is 30.9 Å². The van der Waals surface area contributed by atoms with Gasteiger partial charge in [-0.2, -0.15) is 0 Å². The summed E-state index contributed by atoms with van der Waals surface area (Å²) in [5.41, 5.74) is 2.51. The standard InChI is InChI=1S/C24H30ClN3O2S.2C4H4O4/c1-19(29)30-17-16-27-11-4-10-26(14-15-27)12-5-13-28-21-6-2-3-7-23(21)31-24-9-8-20(25)18-22(24)28;2*5-3(6)1-2-4(7)8/h2-3,6-9,18H,4-5,10-17H2,1H3;2*1-2H,(H,5,6)(H,7,8)/b;2*2-1+. The van der Waals surface area contributed by atoms with Gasteiger partial charge in [-0.3, -0.25) is 4.79 Å². The number of nitrogens with one attached hydrogen (secondary N) is 2. The number of benzene rings is 2. The Hall–Kier alpha value is -4.37. The van der Waals surface area contributed by atoms with Gasteiger partial charge in [0.2, 0.25) is 0 Å². The lowest BCUT2D eigenvalue weighted by Gasteiger charge is -2.33. The molecule has 2 aromatic carbocycles. The van der Waals surface area contributed by atoms with Crippen LogP contribution in [0.3, 0.4) is 0 Å². The van der Waals surface area contributed by atoms with Gasteiger partial charge >= 0.3 is 17.9 Å². The first kappa shape index (κ1) is 38.8. The van der Waals surface area contributed by atoms with Crippen LogP contribution in [-0.2, 0) is 28.7 Å². The molecule has 0 spiro atoms. The average Bonchev–Trinajstić information content (AvgIpc) is 3.24. The predicted octanol–water partition coefficient (Wildman–Crippen LogP) is -1.18. The minimum Gasteiger partial charge on any atom is -0.545 e. The molecule has 15 heteroatoms. The molecule has 2 heterocycles. The van der Waals surface area contributed by atoms with Crippen molar-refractivity contribution in [3.8, 4) is 0 Å². The highest BCUT2D eigenvalue weighted by Crippen LogP contribution is 2.48. The highest BCUT2D eigenvalue weighted by Gasteiger charge is 2.25. The van der Waals surface area contributed by atoms with Crippen LogP contribution < -0.4 is 24.9 Å². The number of carboxylic acids is 4. The highest BCUT2D eigenvalue weighted by atomic mass is 35.5. The fourth-order valence-electron chi connectivity index (χ4n) is 4.84. The third kappa shape index (κ3) is 15.7. The van der Waals surface area contributed by atoms with E-state index in [1.54, 1.807) is 9.80 Å². The van der Waals surface area contributed by atoms with E-state index in [0.717, 1.165) is 31.1 Å². The molecule has 4 rings (SSSR count). The van der Waals surface area contributed by atoms with Crippen LogP contribution in [0.25, 0.3) is 0 Å². The second kappa shape index (κ2) is 20.7. The van der Waals surface area contributed by atoms with E-state index in [4.69, 9.17) is 26.6 Å². The maximum atomic E-state index is 11.0. The second-order valence-corrected chi connectivity index (χ2v) is 11.9. The van der Waals surface area contributed by atoms with Crippen LogP contribution in [0, 0.1) is 0 Å². The molecule has 0 amide bonds. The molecule has 1 saturated heterocycles. The lowest BCUT2D eigenvalue weighted by Crippen LogP contribution is -3.18. The second-order valence-electron chi connectivity index (χ2n) is 10.4. The van der Waals surface area contributed by atoms with E-state index in [1.807, 2.05) is 17.8 Å². The molecule has 0 saturated carbocycles. The Balaban J connectivity index is 0.000000397. The van der Waals surface area contributed by atoms with Crippen LogP contribution in [0.5, 0.6) is 0 Å². The number of ether oxygens (including phenoxy) is 1. The number of carbonyl (C=O) groups is 5. The number of carboxylic acid groups (broad SMARTS) is 4. The number of hydrogen-bond acceptors (Lipinski definition) is 10. The highest BCUT2D eigenvalue weighted by molar-refractivity contribution is 7.99. The van der Waals surface area contributed by atoms with Crippen LogP contribution in [0.2, 0.25) is 5.02 Å². The lowest BCUT2D eigenvalue weighted by molar-refractivity contribution is -0.938. The number of carbonyl (C=O) groups excluding carboxylic acids is 3. The SMILES string of the molecule is CC(=O)OCC[NH+]1CCC[NH+](CCCN2c3ccccc3Sc3ccc(Cl)cc32)CC1.O=C([O-])/C=C/C(=O)O.O=C([O-])/C=C/C(=O)O. The third-order valence-corrected chi connectivity index (χ3v) is 8.24. The number of esters is 1. The van der Waals surface area contributed by atoms with E-state index in [-0.39, 0.29) is 5.97 Å². The van der Waals surface area contributed by atoms with Gasteiger partial charge in [0.15, 0.2) is 0 Å². The summed E-state index contributed by atoms with van der Waals surface area (Å²) >= 11 is 8.17. The Morgan fingerprint density at radius 2 is 1.43 bits per heavy atom. The summed E-state index contributed by atoms with van der Waals surface area (Å²) in [6.07, 6.45) is 4.25. The molecule has 47 heavy (non-hydrogen) atoms. The van der Waals surface area contributed by atoms with E-state index in [1.165, 1.54) is 60.7 Å². The van der Waals surface area contributed by atoms with Gasteiger partial charge in [-0.1, -0.05) is 35.5 Å². The third-order valence-electron chi connectivity index (χ3n) is 6.88. The molecule has 254 valence electrons. The van der Waals surface area contributed by atoms with Gasteiger partial charge in [-0.25, -0.2) is 9.59 Å². The van der Waals surface area contributed by atoms with Crippen LogP contribution in [0.15, 0.2) is 76.6 Å². The van der Waals surface area contributed by atoms with E-state index in [9.17, 15) is 34.2 Å². The molecule has 0 bridgehead atoms. The van der Waals surface area contributed by atoms with Crippen molar-refractivity contribution in [3.05, 3.63) is 71.8 Å². The predicted molar refractivity (Wildman–Crippen MR) is 170 cm³/mol. The molecular weight excluding hydrogens is 654 g/mol. The van der Waals surface area contributed by atoms with Gasteiger partial charge in [0.1, 0.15) is 26.2 Å². The van der Waals surface area contributed by atoms with Gasteiger partial charge in [0.25, 0.3) is 0 Å². The average molecular weight is 692 g/mol.